The van der Waals surface area contributed by atoms with Gasteiger partial charge in [-0.25, -0.2) is 0 Å². The lowest BCUT2D eigenvalue weighted by Gasteiger charge is -2.27. The van der Waals surface area contributed by atoms with Gasteiger partial charge in [0.1, 0.15) is 0 Å². The highest BCUT2D eigenvalue weighted by Gasteiger charge is 2.31. The van der Waals surface area contributed by atoms with Crippen LogP contribution in [0.25, 0.3) is 0 Å². The zero-order valence-electron chi connectivity index (χ0n) is 10.5. The monoisotopic (exact) mass is 254 g/mol. The molecule has 0 saturated heterocycles. The molecule has 18 heavy (non-hydrogen) atoms. The average Bonchev–Trinajstić information content (AvgIpc) is 2.59. The van der Waals surface area contributed by atoms with Gasteiger partial charge in [-0.1, -0.05) is 13.8 Å². The van der Waals surface area contributed by atoms with E-state index in [2.05, 4.69) is 5.32 Å². The lowest BCUT2D eigenvalue weighted by Crippen LogP contribution is -2.47. The fraction of sp³-hybridized carbons (Fsp3) is 0.583. The predicted octanol–water partition coefficient (Wildman–Crippen LogP) is 0.143. The summed E-state index contributed by atoms with van der Waals surface area (Å²) in [6, 6.07) is -0.211. The number of amides is 2. The Morgan fingerprint density at radius 3 is 2.33 bits per heavy atom. The normalized spacial score (nSPS) is 16.7. The molecule has 1 rings (SSSR count). The Morgan fingerprint density at radius 1 is 1.33 bits per heavy atom. The maximum atomic E-state index is 11.6. The molecule has 0 aromatic heterocycles. The van der Waals surface area contributed by atoms with Crippen LogP contribution in [-0.4, -0.2) is 46.4 Å². The summed E-state index contributed by atoms with van der Waals surface area (Å²) in [5, 5.41) is 11.8. The van der Waals surface area contributed by atoms with Gasteiger partial charge in [-0.15, -0.1) is 0 Å². The van der Waals surface area contributed by atoms with Gasteiger partial charge in [0, 0.05) is 31.2 Å². The first-order valence-electron chi connectivity index (χ1n) is 5.92. The molecule has 1 aliphatic rings. The molecule has 0 spiro atoms. The molecule has 6 nitrogen and oxygen atoms in total. The van der Waals surface area contributed by atoms with Crippen molar-refractivity contribution >= 4 is 17.8 Å². The van der Waals surface area contributed by atoms with E-state index < -0.39 is 12.0 Å². The first-order valence-corrected chi connectivity index (χ1v) is 5.92. The lowest BCUT2D eigenvalue weighted by molar-refractivity contribution is -0.142. The van der Waals surface area contributed by atoms with E-state index in [1.807, 2.05) is 13.8 Å². The van der Waals surface area contributed by atoms with Crippen LogP contribution in [0.5, 0.6) is 0 Å². The largest absolute Gasteiger partial charge is 0.481 e. The number of aliphatic carboxylic acids is 1. The summed E-state index contributed by atoms with van der Waals surface area (Å²) >= 11 is 0. The first-order chi connectivity index (χ1) is 8.41. The molecule has 0 aromatic carbocycles. The number of carbonyl (C=O) groups is 3. The summed E-state index contributed by atoms with van der Waals surface area (Å²) in [5.41, 5.74) is 0. The number of hydrogen-bond donors (Lipinski definition) is 2. The molecule has 0 unspecified atom stereocenters. The molecule has 1 aliphatic heterocycles. The van der Waals surface area contributed by atoms with Gasteiger partial charge in [0.05, 0.1) is 6.04 Å². The van der Waals surface area contributed by atoms with E-state index in [4.69, 9.17) is 5.11 Å². The molecule has 0 aromatic rings. The van der Waals surface area contributed by atoms with E-state index in [0.717, 1.165) is 4.90 Å². The second-order valence-corrected chi connectivity index (χ2v) is 4.53. The van der Waals surface area contributed by atoms with Crippen LogP contribution in [0.1, 0.15) is 26.7 Å². The Morgan fingerprint density at radius 2 is 1.89 bits per heavy atom. The molecule has 2 amide bonds. The van der Waals surface area contributed by atoms with E-state index in [9.17, 15) is 14.4 Å². The highest BCUT2D eigenvalue weighted by Crippen LogP contribution is 2.13. The average molecular weight is 254 g/mol. The number of hydrogen-bond acceptors (Lipinski definition) is 4. The number of imide groups is 1. The summed E-state index contributed by atoms with van der Waals surface area (Å²) in [6.07, 6.45) is 2.62. The molecule has 0 bridgehead atoms. The van der Waals surface area contributed by atoms with Crippen LogP contribution in [0, 0.1) is 0 Å². The standard InChI is InChI=1S/C12H18N2O4/c1-8(2)13-7-9(3-6-12(17)18)14-10(15)4-5-11(14)16/h4-5,8-9,13H,3,6-7H2,1-2H3,(H,17,18)/t9-/m0/s1. The third-order valence-electron chi connectivity index (χ3n) is 2.66. The van der Waals surface area contributed by atoms with Gasteiger partial charge in [-0.2, -0.15) is 0 Å². The smallest absolute Gasteiger partial charge is 0.303 e. The number of carboxylic acids is 1. The SMILES string of the molecule is CC(C)NC[C@H](CCC(=O)O)N1C(=O)C=CC1=O. The summed E-state index contributed by atoms with van der Waals surface area (Å²) < 4.78 is 0. The summed E-state index contributed by atoms with van der Waals surface area (Å²) in [5.74, 6) is -1.68. The number of nitrogens with one attached hydrogen (secondary N) is 1. The first kappa shape index (κ1) is 14.4. The minimum atomic E-state index is -0.934. The van der Waals surface area contributed by atoms with Crippen molar-refractivity contribution in [3.63, 3.8) is 0 Å². The van der Waals surface area contributed by atoms with Crippen molar-refractivity contribution in [1.82, 2.24) is 10.2 Å². The Kier molecular flexibility index (Phi) is 5.03. The van der Waals surface area contributed by atoms with E-state index in [1.165, 1.54) is 12.2 Å². The van der Waals surface area contributed by atoms with Gasteiger partial charge >= 0.3 is 5.97 Å². The second kappa shape index (κ2) is 6.30. The van der Waals surface area contributed by atoms with Crippen LogP contribution in [0.2, 0.25) is 0 Å². The number of carbonyl (C=O) groups excluding carboxylic acids is 2. The van der Waals surface area contributed by atoms with Crippen LogP contribution in [0.4, 0.5) is 0 Å². The van der Waals surface area contributed by atoms with Crippen molar-refractivity contribution in [1.29, 1.82) is 0 Å². The van der Waals surface area contributed by atoms with Crippen molar-refractivity contribution in [2.75, 3.05) is 6.54 Å². The minimum absolute atomic E-state index is 0.0680. The molecule has 0 radical (unpaired) electrons. The van der Waals surface area contributed by atoms with Crippen LogP contribution in [0.3, 0.4) is 0 Å². The highest BCUT2D eigenvalue weighted by atomic mass is 16.4. The minimum Gasteiger partial charge on any atom is -0.481 e. The fourth-order valence-electron chi connectivity index (χ4n) is 1.76. The predicted molar refractivity (Wildman–Crippen MR) is 64.8 cm³/mol. The summed E-state index contributed by atoms with van der Waals surface area (Å²) in [7, 11) is 0. The van der Waals surface area contributed by atoms with Crippen molar-refractivity contribution in [3.8, 4) is 0 Å². The van der Waals surface area contributed by atoms with E-state index >= 15 is 0 Å². The summed E-state index contributed by atoms with van der Waals surface area (Å²) in [4.78, 5) is 34.8. The van der Waals surface area contributed by atoms with Crippen molar-refractivity contribution in [3.05, 3.63) is 12.2 Å². The molecule has 1 heterocycles. The molecular formula is C12H18N2O4. The zero-order valence-corrected chi connectivity index (χ0v) is 10.5. The molecule has 1 atom stereocenters. The Labute approximate surface area is 106 Å². The van der Waals surface area contributed by atoms with Gasteiger partial charge in [0.15, 0.2) is 0 Å². The molecule has 6 heteroatoms. The quantitative estimate of drug-likeness (QED) is 0.631. The van der Waals surface area contributed by atoms with Gasteiger partial charge in [-0.05, 0) is 6.42 Å². The Balaban J connectivity index is 2.66. The third kappa shape index (κ3) is 3.96. The highest BCUT2D eigenvalue weighted by molar-refractivity contribution is 6.13. The third-order valence-corrected chi connectivity index (χ3v) is 2.66. The van der Waals surface area contributed by atoms with Gasteiger partial charge in [0.25, 0.3) is 11.8 Å². The lowest BCUT2D eigenvalue weighted by atomic mass is 10.1. The maximum absolute atomic E-state index is 11.6. The second-order valence-electron chi connectivity index (χ2n) is 4.53. The number of nitrogens with zero attached hydrogens (tertiary/aromatic N) is 1. The molecule has 0 saturated carbocycles. The van der Waals surface area contributed by atoms with Crippen LogP contribution in [0.15, 0.2) is 12.2 Å². The summed E-state index contributed by atoms with van der Waals surface area (Å²) in [6.45, 7) is 4.30. The molecule has 0 fully saturated rings. The Hall–Kier alpha value is -1.69. The van der Waals surface area contributed by atoms with Crippen molar-refractivity contribution in [2.45, 2.75) is 38.8 Å². The fourth-order valence-corrected chi connectivity index (χ4v) is 1.76. The van der Waals surface area contributed by atoms with Crippen LogP contribution >= 0.6 is 0 Å². The number of rotatable bonds is 7. The molecular weight excluding hydrogens is 236 g/mol. The van der Waals surface area contributed by atoms with Crippen molar-refractivity contribution < 1.29 is 19.5 Å². The molecule has 100 valence electrons. The molecule has 2 N–H and O–H groups in total. The maximum Gasteiger partial charge on any atom is 0.303 e. The van der Waals surface area contributed by atoms with Crippen molar-refractivity contribution in [2.24, 2.45) is 0 Å². The van der Waals surface area contributed by atoms with E-state index in [-0.39, 0.29) is 30.7 Å². The van der Waals surface area contributed by atoms with E-state index in [1.54, 1.807) is 0 Å². The molecule has 0 aliphatic carbocycles. The van der Waals surface area contributed by atoms with Crippen LogP contribution in [-0.2, 0) is 14.4 Å². The van der Waals surface area contributed by atoms with Gasteiger partial charge in [0.2, 0.25) is 0 Å². The van der Waals surface area contributed by atoms with Gasteiger partial charge in [-0.3, -0.25) is 19.3 Å². The van der Waals surface area contributed by atoms with Gasteiger partial charge < -0.3 is 10.4 Å². The van der Waals surface area contributed by atoms with Crippen LogP contribution < -0.4 is 5.32 Å². The topological polar surface area (TPSA) is 86.7 Å². The van der Waals surface area contributed by atoms with E-state index in [0.29, 0.717) is 6.54 Å². The zero-order chi connectivity index (χ0) is 13.7. The Bertz CT molecular complexity index is 358. The number of carboxylic acid groups (broad SMARTS) is 1.